The van der Waals surface area contributed by atoms with Crippen molar-refractivity contribution in [1.82, 2.24) is 9.88 Å². The monoisotopic (exact) mass is 353 g/mol. The van der Waals surface area contributed by atoms with Crippen LogP contribution in [0.3, 0.4) is 0 Å². The molecule has 1 fully saturated rings. The maximum atomic E-state index is 9.05. The lowest BCUT2D eigenvalue weighted by molar-refractivity contribution is 0.162. The van der Waals surface area contributed by atoms with Crippen molar-refractivity contribution in [2.75, 3.05) is 37.7 Å². The molecule has 3 rings (SSSR count). The Balaban J connectivity index is 1.77. The number of hydrogen-bond donors (Lipinski definition) is 1. The van der Waals surface area contributed by atoms with Crippen LogP contribution in [0.5, 0.6) is 0 Å². The van der Waals surface area contributed by atoms with Crippen LogP contribution in [0.15, 0.2) is 16.7 Å². The van der Waals surface area contributed by atoms with E-state index in [2.05, 4.69) is 45.6 Å². The van der Waals surface area contributed by atoms with Crippen LogP contribution in [0.25, 0.3) is 0 Å². The minimum Gasteiger partial charge on any atom is -0.395 e. The summed E-state index contributed by atoms with van der Waals surface area (Å²) in [5, 5.41) is 9.05. The van der Waals surface area contributed by atoms with Crippen LogP contribution in [0.4, 0.5) is 5.82 Å². The molecule has 1 N–H and O–H groups in total. The molecular formula is C16H24BrN3O. The van der Waals surface area contributed by atoms with E-state index in [0.717, 1.165) is 43.5 Å². The molecule has 0 saturated carbocycles. The number of anilines is 1. The average Bonchev–Trinajstić information content (AvgIpc) is 2.72. The van der Waals surface area contributed by atoms with E-state index in [1.165, 1.54) is 11.4 Å². The maximum absolute atomic E-state index is 9.05. The van der Waals surface area contributed by atoms with Gasteiger partial charge in [-0.05, 0) is 34.8 Å². The first-order chi connectivity index (χ1) is 10.0. The number of rotatable bonds is 3. The minimum absolute atomic E-state index is 0.161. The number of pyridine rings is 1. The highest BCUT2D eigenvalue weighted by Gasteiger charge is 2.40. The summed E-state index contributed by atoms with van der Waals surface area (Å²) in [6.45, 7) is 8.89. The van der Waals surface area contributed by atoms with Crippen molar-refractivity contribution in [1.29, 1.82) is 0 Å². The molecule has 0 atom stereocenters. The Morgan fingerprint density at radius 1 is 1.38 bits per heavy atom. The highest BCUT2D eigenvalue weighted by atomic mass is 79.9. The van der Waals surface area contributed by atoms with Gasteiger partial charge in [0.2, 0.25) is 0 Å². The van der Waals surface area contributed by atoms with Crippen LogP contribution in [0, 0.1) is 0 Å². The molecule has 1 saturated heterocycles. The maximum Gasteiger partial charge on any atom is 0.132 e. The van der Waals surface area contributed by atoms with Crippen molar-refractivity contribution in [2.24, 2.45) is 0 Å². The van der Waals surface area contributed by atoms with E-state index in [1.54, 1.807) is 0 Å². The first kappa shape index (κ1) is 15.3. The number of aromatic nitrogens is 1. The zero-order valence-corrected chi connectivity index (χ0v) is 14.4. The second-order valence-corrected chi connectivity index (χ2v) is 7.75. The van der Waals surface area contributed by atoms with Gasteiger partial charge >= 0.3 is 0 Å². The van der Waals surface area contributed by atoms with E-state index in [0.29, 0.717) is 6.04 Å². The fraction of sp³-hybridized carbons (Fsp3) is 0.688. The molecule has 0 spiro atoms. The summed E-state index contributed by atoms with van der Waals surface area (Å²) >= 11 is 3.55. The second kappa shape index (κ2) is 5.86. The normalized spacial score (nSPS) is 22.6. The third kappa shape index (κ3) is 2.96. The zero-order chi connectivity index (χ0) is 15.0. The van der Waals surface area contributed by atoms with Gasteiger partial charge in [-0.2, -0.15) is 0 Å². The summed E-state index contributed by atoms with van der Waals surface area (Å²) in [6.07, 6.45) is 4.23. The minimum atomic E-state index is 0.161. The third-order valence-corrected chi connectivity index (χ3v) is 5.25. The fourth-order valence-electron chi connectivity index (χ4n) is 3.64. The predicted molar refractivity (Wildman–Crippen MR) is 88.9 cm³/mol. The Hall–Kier alpha value is -0.650. The molecule has 1 aromatic rings. The van der Waals surface area contributed by atoms with Crippen LogP contribution in [-0.4, -0.2) is 53.8 Å². The van der Waals surface area contributed by atoms with Gasteiger partial charge in [-0.1, -0.05) is 13.8 Å². The van der Waals surface area contributed by atoms with Gasteiger partial charge in [-0.3, -0.25) is 0 Å². The van der Waals surface area contributed by atoms with Crippen molar-refractivity contribution in [3.8, 4) is 0 Å². The molecule has 21 heavy (non-hydrogen) atoms. The number of aliphatic hydroxyl groups excluding tert-OH is 1. The first-order valence-electron chi connectivity index (χ1n) is 7.77. The molecule has 0 radical (unpaired) electrons. The molecule has 0 aliphatic carbocycles. The molecule has 1 aromatic heterocycles. The summed E-state index contributed by atoms with van der Waals surface area (Å²) in [5.74, 6) is 1.17. The summed E-state index contributed by atoms with van der Waals surface area (Å²) in [5.41, 5.74) is 1.52. The SMILES string of the molecule is CC1(C)CN(C2CCN(CCO)CC2)c2ncc(Br)cc21. The lowest BCUT2D eigenvalue weighted by atomic mass is 9.88. The number of piperidine rings is 1. The highest BCUT2D eigenvalue weighted by Crippen LogP contribution is 2.42. The molecule has 4 nitrogen and oxygen atoms in total. The van der Waals surface area contributed by atoms with Gasteiger partial charge in [0.25, 0.3) is 0 Å². The Bertz CT molecular complexity index is 512. The van der Waals surface area contributed by atoms with Crippen LogP contribution >= 0.6 is 15.9 Å². The summed E-state index contributed by atoms with van der Waals surface area (Å²) < 4.78 is 1.06. The van der Waals surface area contributed by atoms with E-state index in [1.807, 2.05) is 6.20 Å². The van der Waals surface area contributed by atoms with Gasteiger partial charge in [0.1, 0.15) is 5.82 Å². The van der Waals surface area contributed by atoms with Gasteiger partial charge in [-0.15, -0.1) is 0 Å². The van der Waals surface area contributed by atoms with E-state index < -0.39 is 0 Å². The Morgan fingerprint density at radius 3 is 2.76 bits per heavy atom. The second-order valence-electron chi connectivity index (χ2n) is 6.83. The molecule has 0 aromatic carbocycles. The van der Waals surface area contributed by atoms with E-state index in [9.17, 15) is 0 Å². The lowest BCUT2D eigenvalue weighted by Gasteiger charge is -2.38. The molecule has 2 aliphatic heterocycles. The van der Waals surface area contributed by atoms with Gasteiger partial charge in [0.05, 0.1) is 6.61 Å². The lowest BCUT2D eigenvalue weighted by Crippen LogP contribution is -2.46. The Morgan fingerprint density at radius 2 is 2.10 bits per heavy atom. The molecule has 0 amide bonds. The smallest absolute Gasteiger partial charge is 0.132 e. The highest BCUT2D eigenvalue weighted by molar-refractivity contribution is 9.10. The number of fused-ring (bicyclic) bond motifs is 1. The van der Waals surface area contributed by atoms with Gasteiger partial charge in [0, 0.05) is 53.9 Å². The van der Waals surface area contributed by atoms with E-state index in [-0.39, 0.29) is 12.0 Å². The largest absolute Gasteiger partial charge is 0.395 e. The molecule has 0 unspecified atom stereocenters. The van der Waals surface area contributed by atoms with Gasteiger partial charge < -0.3 is 14.9 Å². The number of halogens is 1. The standard InChI is InChI=1S/C16H24BrN3O/c1-16(2)11-20(15-14(16)9-12(17)10-18-15)13-3-5-19(6-4-13)7-8-21/h9-10,13,21H,3-8,11H2,1-2H3. The summed E-state index contributed by atoms with van der Waals surface area (Å²) in [4.78, 5) is 9.56. The molecule has 116 valence electrons. The topological polar surface area (TPSA) is 39.6 Å². The van der Waals surface area contributed by atoms with Gasteiger partial charge in [0.15, 0.2) is 0 Å². The number of β-amino-alcohol motifs (C(OH)–C–C–N with tert-alkyl or cyclic N) is 1. The number of hydrogen-bond acceptors (Lipinski definition) is 4. The Labute approximate surface area is 135 Å². The predicted octanol–water partition coefficient (Wildman–Crippen LogP) is 2.40. The van der Waals surface area contributed by atoms with Crippen molar-refractivity contribution >= 4 is 21.7 Å². The van der Waals surface area contributed by atoms with Crippen LogP contribution in [0.2, 0.25) is 0 Å². The quantitative estimate of drug-likeness (QED) is 0.905. The molecule has 0 bridgehead atoms. The van der Waals surface area contributed by atoms with Crippen LogP contribution in [0.1, 0.15) is 32.3 Å². The molecule has 2 aliphatic rings. The van der Waals surface area contributed by atoms with Crippen molar-refractivity contribution in [3.63, 3.8) is 0 Å². The van der Waals surface area contributed by atoms with Crippen LogP contribution in [-0.2, 0) is 5.41 Å². The number of nitrogens with zero attached hydrogens (tertiary/aromatic N) is 3. The number of aliphatic hydroxyl groups is 1. The number of likely N-dealkylation sites (tertiary alicyclic amines) is 1. The molecular weight excluding hydrogens is 330 g/mol. The van der Waals surface area contributed by atoms with Crippen molar-refractivity contribution in [2.45, 2.75) is 38.1 Å². The zero-order valence-electron chi connectivity index (χ0n) is 12.8. The van der Waals surface area contributed by atoms with E-state index >= 15 is 0 Å². The molecule has 3 heterocycles. The van der Waals surface area contributed by atoms with Crippen LogP contribution < -0.4 is 4.90 Å². The van der Waals surface area contributed by atoms with Gasteiger partial charge in [-0.25, -0.2) is 4.98 Å². The van der Waals surface area contributed by atoms with Crippen molar-refractivity contribution in [3.05, 3.63) is 22.3 Å². The fourth-order valence-corrected chi connectivity index (χ4v) is 3.97. The third-order valence-electron chi connectivity index (χ3n) is 4.81. The summed E-state index contributed by atoms with van der Waals surface area (Å²) in [7, 11) is 0. The van der Waals surface area contributed by atoms with Crippen molar-refractivity contribution < 1.29 is 5.11 Å². The first-order valence-corrected chi connectivity index (χ1v) is 8.56. The Kier molecular flexibility index (Phi) is 4.26. The van der Waals surface area contributed by atoms with E-state index in [4.69, 9.17) is 10.1 Å². The average molecular weight is 354 g/mol. The summed E-state index contributed by atoms with van der Waals surface area (Å²) in [6, 6.07) is 2.80. The molecule has 5 heteroatoms.